The molecular weight excluding hydrogens is 268 g/mol. The first kappa shape index (κ1) is 14.9. The number of hydrogen-bond donors (Lipinski definition) is 1. The molecule has 0 saturated heterocycles. The number of aromatic nitrogens is 2. The minimum atomic E-state index is 0.483. The lowest BCUT2D eigenvalue weighted by atomic mass is 10.3. The molecule has 0 saturated carbocycles. The third-order valence-corrected chi connectivity index (χ3v) is 2.95. The number of ether oxygens (including phenoxy) is 2. The molecule has 0 unspecified atom stereocenters. The third-order valence-electron chi connectivity index (χ3n) is 2.95. The highest BCUT2D eigenvalue weighted by atomic mass is 16.5. The van der Waals surface area contributed by atoms with Gasteiger partial charge in [-0.15, -0.1) is 0 Å². The number of hydrogen-bond acceptors (Lipinski definition) is 5. The molecule has 0 bridgehead atoms. The Balaban J connectivity index is 1.87. The summed E-state index contributed by atoms with van der Waals surface area (Å²) in [7, 11) is 3.49. The zero-order valence-electron chi connectivity index (χ0n) is 12.2. The van der Waals surface area contributed by atoms with E-state index in [9.17, 15) is 0 Å². The number of pyridine rings is 1. The summed E-state index contributed by atoms with van der Waals surface area (Å²) in [5, 5.41) is 12.2. The summed E-state index contributed by atoms with van der Waals surface area (Å²) in [6.07, 6.45) is 3.65. The SMILES string of the molecule is COCCOc1ccc(NCc2cc(C#N)n(C)c2)cn1. The molecule has 0 aliphatic heterocycles. The summed E-state index contributed by atoms with van der Waals surface area (Å²) in [5.41, 5.74) is 2.60. The Hall–Kier alpha value is -2.52. The number of anilines is 1. The van der Waals surface area contributed by atoms with Crippen LogP contribution in [0.5, 0.6) is 5.88 Å². The lowest BCUT2D eigenvalue weighted by molar-refractivity contribution is 0.144. The first-order valence-electron chi connectivity index (χ1n) is 6.60. The van der Waals surface area contributed by atoms with Crippen molar-refractivity contribution < 1.29 is 9.47 Å². The fourth-order valence-corrected chi connectivity index (χ4v) is 1.84. The van der Waals surface area contributed by atoms with Crippen molar-refractivity contribution in [3.8, 4) is 11.9 Å². The van der Waals surface area contributed by atoms with Crippen LogP contribution >= 0.6 is 0 Å². The summed E-state index contributed by atoms with van der Waals surface area (Å²) in [6.45, 7) is 1.66. The predicted octanol–water partition coefficient (Wildman–Crippen LogP) is 1.93. The molecule has 110 valence electrons. The van der Waals surface area contributed by atoms with Crippen molar-refractivity contribution in [2.45, 2.75) is 6.54 Å². The van der Waals surface area contributed by atoms with Crippen LogP contribution in [-0.4, -0.2) is 29.9 Å². The molecule has 0 aliphatic rings. The smallest absolute Gasteiger partial charge is 0.213 e. The molecule has 0 aromatic carbocycles. The standard InChI is InChI=1S/C15H18N4O2/c1-19-11-12(7-14(19)8-16)9-17-13-3-4-15(18-10-13)21-6-5-20-2/h3-4,7,10-11,17H,5-6,9H2,1-2H3. The van der Waals surface area contributed by atoms with Gasteiger partial charge in [0.05, 0.1) is 18.5 Å². The van der Waals surface area contributed by atoms with Crippen molar-refractivity contribution in [2.24, 2.45) is 7.05 Å². The monoisotopic (exact) mass is 286 g/mol. The molecule has 6 nitrogen and oxygen atoms in total. The second-order valence-electron chi connectivity index (χ2n) is 4.54. The lowest BCUT2D eigenvalue weighted by Gasteiger charge is -2.07. The van der Waals surface area contributed by atoms with E-state index < -0.39 is 0 Å². The van der Waals surface area contributed by atoms with E-state index in [0.717, 1.165) is 11.3 Å². The second-order valence-corrected chi connectivity index (χ2v) is 4.54. The normalized spacial score (nSPS) is 10.1. The van der Waals surface area contributed by atoms with E-state index in [1.165, 1.54) is 0 Å². The zero-order chi connectivity index (χ0) is 15.1. The van der Waals surface area contributed by atoms with Crippen LogP contribution in [0.2, 0.25) is 0 Å². The zero-order valence-corrected chi connectivity index (χ0v) is 12.2. The average Bonchev–Trinajstić information content (AvgIpc) is 2.87. The van der Waals surface area contributed by atoms with Gasteiger partial charge in [0.25, 0.3) is 0 Å². The summed E-state index contributed by atoms with van der Waals surface area (Å²) in [4.78, 5) is 4.20. The van der Waals surface area contributed by atoms with E-state index in [0.29, 0.717) is 31.3 Å². The van der Waals surface area contributed by atoms with Crippen LogP contribution in [-0.2, 0) is 18.3 Å². The topological polar surface area (TPSA) is 72.1 Å². The van der Waals surface area contributed by atoms with Crippen LogP contribution < -0.4 is 10.1 Å². The highest BCUT2D eigenvalue weighted by Gasteiger charge is 2.02. The molecule has 0 aliphatic carbocycles. The van der Waals surface area contributed by atoms with Crippen LogP contribution in [0.3, 0.4) is 0 Å². The molecule has 2 aromatic heterocycles. The van der Waals surface area contributed by atoms with Crippen LogP contribution in [0.15, 0.2) is 30.6 Å². The van der Waals surface area contributed by atoms with E-state index in [1.807, 2.05) is 36.0 Å². The van der Waals surface area contributed by atoms with Gasteiger partial charge >= 0.3 is 0 Å². The van der Waals surface area contributed by atoms with Crippen molar-refractivity contribution in [2.75, 3.05) is 25.6 Å². The largest absolute Gasteiger partial charge is 0.475 e. The maximum Gasteiger partial charge on any atom is 0.213 e. The number of nitrogens with zero attached hydrogens (tertiary/aromatic N) is 3. The van der Waals surface area contributed by atoms with Crippen LogP contribution in [0, 0.1) is 11.3 Å². The fourth-order valence-electron chi connectivity index (χ4n) is 1.84. The molecule has 2 aromatic rings. The van der Waals surface area contributed by atoms with Gasteiger partial charge in [-0.1, -0.05) is 0 Å². The van der Waals surface area contributed by atoms with Gasteiger partial charge in [-0.25, -0.2) is 4.98 Å². The van der Waals surface area contributed by atoms with E-state index in [1.54, 1.807) is 13.3 Å². The summed E-state index contributed by atoms with van der Waals surface area (Å²) in [5.74, 6) is 0.573. The van der Waals surface area contributed by atoms with Crippen molar-refractivity contribution in [1.82, 2.24) is 9.55 Å². The number of nitriles is 1. The first-order chi connectivity index (χ1) is 10.2. The summed E-state index contributed by atoms with van der Waals surface area (Å²) in [6, 6.07) is 7.72. The minimum Gasteiger partial charge on any atom is -0.475 e. The Bertz CT molecular complexity index is 614. The highest BCUT2D eigenvalue weighted by Crippen LogP contribution is 2.13. The van der Waals surface area contributed by atoms with Crippen LogP contribution in [0.4, 0.5) is 5.69 Å². The number of aryl methyl sites for hydroxylation is 1. The maximum atomic E-state index is 8.91. The Morgan fingerprint density at radius 3 is 2.86 bits per heavy atom. The molecule has 0 spiro atoms. The minimum absolute atomic E-state index is 0.483. The van der Waals surface area contributed by atoms with Gasteiger partial charge in [-0.05, 0) is 17.7 Å². The van der Waals surface area contributed by atoms with Gasteiger partial charge in [0.2, 0.25) is 5.88 Å². The molecule has 1 N–H and O–H groups in total. The van der Waals surface area contributed by atoms with E-state index in [2.05, 4.69) is 16.4 Å². The van der Waals surface area contributed by atoms with Gasteiger partial charge in [0.1, 0.15) is 18.4 Å². The second kappa shape index (κ2) is 7.31. The molecule has 6 heteroatoms. The number of methoxy groups -OCH3 is 1. The highest BCUT2D eigenvalue weighted by molar-refractivity contribution is 5.43. The predicted molar refractivity (Wildman–Crippen MR) is 79.1 cm³/mol. The Morgan fingerprint density at radius 2 is 2.24 bits per heavy atom. The number of rotatable bonds is 7. The molecule has 0 amide bonds. The molecule has 21 heavy (non-hydrogen) atoms. The molecular formula is C15H18N4O2. The quantitative estimate of drug-likeness (QED) is 0.787. The van der Waals surface area contributed by atoms with Crippen molar-refractivity contribution in [1.29, 1.82) is 5.26 Å². The Labute approximate surface area is 123 Å². The summed E-state index contributed by atoms with van der Waals surface area (Å²) < 4.78 is 12.1. The Kier molecular flexibility index (Phi) is 5.18. The van der Waals surface area contributed by atoms with E-state index in [4.69, 9.17) is 14.7 Å². The summed E-state index contributed by atoms with van der Waals surface area (Å²) >= 11 is 0. The fraction of sp³-hybridized carbons (Fsp3) is 0.333. The van der Waals surface area contributed by atoms with Crippen LogP contribution in [0.1, 0.15) is 11.3 Å². The van der Waals surface area contributed by atoms with Gasteiger partial charge < -0.3 is 19.4 Å². The van der Waals surface area contributed by atoms with Gasteiger partial charge in [0.15, 0.2) is 0 Å². The molecule has 0 atom stereocenters. The van der Waals surface area contributed by atoms with Gasteiger partial charge in [0, 0.05) is 33.0 Å². The van der Waals surface area contributed by atoms with Gasteiger partial charge in [-0.3, -0.25) is 0 Å². The average molecular weight is 286 g/mol. The molecule has 2 heterocycles. The Morgan fingerprint density at radius 1 is 1.38 bits per heavy atom. The van der Waals surface area contributed by atoms with E-state index >= 15 is 0 Å². The maximum absolute atomic E-state index is 8.91. The third kappa shape index (κ3) is 4.23. The number of nitrogens with one attached hydrogen (secondary N) is 1. The molecule has 0 radical (unpaired) electrons. The molecule has 0 fully saturated rings. The van der Waals surface area contributed by atoms with Gasteiger partial charge in [-0.2, -0.15) is 5.26 Å². The van der Waals surface area contributed by atoms with Crippen molar-refractivity contribution in [3.05, 3.63) is 41.9 Å². The molecule has 2 rings (SSSR count). The first-order valence-corrected chi connectivity index (χ1v) is 6.60. The van der Waals surface area contributed by atoms with Crippen LogP contribution in [0.25, 0.3) is 0 Å². The van der Waals surface area contributed by atoms with E-state index in [-0.39, 0.29) is 0 Å². The van der Waals surface area contributed by atoms with Crippen molar-refractivity contribution >= 4 is 5.69 Å². The van der Waals surface area contributed by atoms with Crippen molar-refractivity contribution in [3.63, 3.8) is 0 Å². The lowest BCUT2D eigenvalue weighted by Crippen LogP contribution is -2.05.